The Morgan fingerprint density at radius 3 is 2.52 bits per heavy atom. The summed E-state index contributed by atoms with van der Waals surface area (Å²) >= 11 is 0. The van der Waals surface area contributed by atoms with E-state index in [1.54, 1.807) is 20.8 Å². The lowest BCUT2D eigenvalue weighted by Crippen LogP contribution is -2.31. The first-order chi connectivity index (χ1) is 9.76. The van der Waals surface area contributed by atoms with E-state index in [9.17, 15) is 8.42 Å². The number of aromatic nitrogens is 1. The molecule has 1 aromatic heterocycles. The van der Waals surface area contributed by atoms with Gasteiger partial charge in [0.2, 0.25) is 0 Å². The Kier molecular flexibility index (Phi) is 4.44. The number of nitrogens with zero attached hydrogens (tertiary/aromatic N) is 1. The van der Waals surface area contributed by atoms with Crippen molar-refractivity contribution in [2.75, 3.05) is 12.8 Å². The monoisotopic (exact) mass is 308 g/mol. The zero-order valence-electron chi connectivity index (χ0n) is 13.2. The number of sulfone groups is 1. The van der Waals surface area contributed by atoms with Crippen LogP contribution >= 0.6 is 0 Å². The lowest BCUT2D eigenvalue weighted by atomic mass is 10.1. The van der Waals surface area contributed by atoms with Crippen LogP contribution in [0.4, 0.5) is 0 Å². The van der Waals surface area contributed by atoms with Crippen molar-refractivity contribution in [1.82, 2.24) is 9.88 Å². The molecular formula is C16H24N2O2S. The molecule has 0 amide bonds. The van der Waals surface area contributed by atoms with E-state index in [0.717, 1.165) is 17.4 Å². The van der Waals surface area contributed by atoms with Crippen molar-refractivity contribution in [2.24, 2.45) is 0 Å². The van der Waals surface area contributed by atoms with Crippen molar-refractivity contribution in [1.29, 1.82) is 0 Å². The van der Waals surface area contributed by atoms with Gasteiger partial charge in [0.15, 0.2) is 9.84 Å². The van der Waals surface area contributed by atoms with Crippen LogP contribution in [0.25, 0.3) is 10.9 Å². The van der Waals surface area contributed by atoms with E-state index in [1.807, 2.05) is 29.9 Å². The van der Waals surface area contributed by atoms with E-state index >= 15 is 0 Å². The summed E-state index contributed by atoms with van der Waals surface area (Å²) in [5.74, 6) is 0.161. The van der Waals surface area contributed by atoms with Crippen LogP contribution in [0.5, 0.6) is 0 Å². The van der Waals surface area contributed by atoms with Gasteiger partial charge in [-0.3, -0.25) is 0 Å². The maximum absolute atomic E-state index is 12.3. The number of benzene rings is 1. The maximum atomic E-state index is 12.3. The highest BCUT2D eigenvalue weighted by Crippen LogP contribution is 2.22. The third-order valence-corrected chi connectivity index (χ3v) is 6.36. The summed E-state index contributed by atoms with van der Waals surface area (Å²) in [4.78, 5) is 0. The molecule has 0 saturated heterocycles. The number of fused-ring (bicyclic) bond motifs is 1. The molecule has 2 aromatic rings. The second-order valence-electron chi connectivity index (χ2n) is 6.33. The predicted molar refractivity (Wildman–Crippen MR) is 88.2 cm³/mol. The van der Waals surface area contributed by atoms with Gasteiger partial charge in [-0.05, 0) is 44.8 Å². The summed E-state index contributed by atoms with van der Waals surface area (Å²) in [6.07, 6.45) is 1.97. The molecule has 0 aliphatic rings. The Bertz CT molecular complexity index is 724. The molecule has 0 radical (unpaired) electrons. The molecule has 116 valence electrons. The van der Waals surface area contributed by atoms with Crippen LogP contribution in [0, 0.1) is 0 Å². The molecule has 5 heteroatoms. The SMILES string of the molecule is CNCc1cccc2ccn(CCS(=O)(=O)C(C)(C)C)c12. The fourth-order valence-electron chi connectivity index (χ4n) is 2.38. The molecule has 0 aliphatic heterocycles. The summed E-state index contributed by atoms with van der Waals surface area (Å²) in [5, 5.41) is 4.31. The molecule has 1 aromatic carbocycles. The van der Waals surface area contributed by atoms with Crippen LogP contribution in [0.3, 0.4) is 0 Å². The van der Waals surface area contributed by atoms with Crippen LogP contribution in [-0.4, -0.2) is 30.5 Å². The van der Waals surface area contributed by atoms with Gasteiger partial charge in [-0.1, -0.05) is 18.2 Å². The lowest BCUT2D eigenvalue weighted by molar-refractivity contribution is 0.554. The van der Waals surface area contributed by atoms with Crippen LogP contribution in [0.2, 0.25) is 0 Å². The van der Waals surface area contributed by atoms with Crippen molar-refractivity contribution in [3.05, 3.63) is 36.0 Å². The average molecular weight is 308 g/mol. The highest BCUT2D eigenvalue weighted by atomic mass is 32.2. The topological polar surface area (TPSA) is 51.1 Å². The second kappa shape index (κ2) is 5.81. The van der Waals surface area contributed by atoms with Crippen molar-refractivity contribution in [3.8, 4) is 0 Å². The van der Waals surface area contributed by atoms with E-state index < -0.39 is 14.6 Å². The number of para-hydroxylation sites is 1. The average Bonchev–Trinajstić information content (AvgIpc) is 2.80. The van der Waals surface area contributed by atoms with Gasteiger partial charge in [-0.15, -0.1) is 0 Å². The van der Waals surface area contributed by atoms with E-state index in [4.69, 9.17) is 0 Å². The molecule has 0 saturated carbocycles. The lowest BCUT2D eigenvalue weighted by Gasteiger charge is -2.19. The first kappa shape index (κ1) is 16.0. The van der Waals surface area contributed by atoms with Crippen molar-refractivity contribution >= 4 is 20.7 Å². The predicted octanol–water partition coefficient (Wildman–Crippen LogP) is 2.57. The number of aryl methyl sites for hydroxylation is 1. The first-order valence-corrected chi connectivity index (χ1v) is 8.85. The van der Waals surface area contributed by atoms with Gasteiger partial charge < -0.3 is 9.88 Å². The molecule has 0 fully saturated rings. The van der Waals surface area contributed by atoms with Crippen molar-refractivity contribution < 1.29 is 8.42 Å². The molecule has 0 aliphatic carbocycles. The highest BCUT2D eigenvalue weighted by Gasteiger charge is 2.28. The molecule has 0 spiro atoms. The van der Waals surface area contributed by atoms with Crippen molar-refractivity contribution in [2.45, 2.75) is 38.6 Å². The summed E-state index contributed by atoms with van der Waals surface area (Å²) in [5.41, 5.74) is 2.31. The maximum Gasteiger partial charge on any atom is 0.156 e. The van der Waals surface area contributed by atoms with Gasteiger partial charge in [-0.2, -0.15) is 0 Å². The second-order valence-corrected chi connectivity index (χ2v) is 9.19. The van der Waals surface area contributed by atoms with Gasteiger partial charge >= 0.3 is 0 Å². The third-order valence-electron chi connectivity index (χ3n) is 3.77. The molecule has 1 N–H and O–H groups in total. The van der Waals surface area contributed by atoms with E-state index in [1.165, 1.54) is 5.56 Å². The Labute approximate surface area is 127 Å². The zero-order valence-corrected chi connectivity index (χ0v) is 14.0. The molecule has 0 bridgehead atoms. The van der Waals surface area contributed by atoms with E-state index in [0.29, 0.717) is 6.54 Å². The van der Waals surface area contributed by atoms with Crippen LogP contribution in [-0.2, 0) is 22.9 Å². The molecular weight excluding hydrogens is 284 g/mol. The Hall–Kier alpha value is -1.33. The molecule has 4 nitrogen and oxygen atoms in total. The molecule has 2 rings (SSSR count). The Balaban J connectivity index is 2.32. The van der Waals surface area contributed by atoms with Gasteiger partial charge in [0, 0.05) is 19.3 Å². The minimum atomic E-state index is -3.10. The van der Waals surface area contributed by atoms with Crippen LogP contribution in [0.1, 0.15) is 26.3 Å². The van der Waals surface area contributed by atoms with E-state index in [-0.39, 0.29) is 5.75 Å². The number of hydrogen-bond donors (Lipinski definition) is 1. The number of rotatable bonds is 5. The third kappa shape index (κ3) is 3.30. The van der Waals surface area contributed by atoms with Crippen LogP contribution in [0.15, 0.2) is 30.5 Å². The number of hydrogen-bond acceptors (Lipinski definition) is 3. The Morgan fingerprint density at radius 1 is 1.19 bits per heavy atom. The smallest absolute Gasteiger partial charge is 0.156 e. The van der Waals surface area contributed by atoms with Crippen molar-refractivity contribution in [3.63, 3.8) is 0 Å². The Morgan fingerprint density at radius 2 is 1.90 bits per heavy atom. The highest BCUT2D eigenvalue weighted by molar-refractivity contribution is 7.92. The minimum absolute atomic E-state index is 0.161. The van der Waals surface area contributed by atoms with Gasteiger partial charge in [0.25, 0.3) is 0 Å². The summed E-state index contributed by atoms with van der Waals surface area (Å²) in [7, 11) is -1.19. The van der Waals surface area contributed by atoms with Crippen LogP contribution < -0.4 is 5.32 Å². The van der Waals surface area contributed by atoms with Gasteiger partial charge in [0.05, 0.1) is 16.0 Å². The summed E-state index contributed by atoms with van der Waals surface area (Å²) in [6, 6.07) is 8.21. The quantitative estimate of drug-likeness (QED) is 0.923. The van der Waals surface area contributed by atoms with E-state index in [2.05, 4.69) is 17.4 Å². The standard InChI is InChI=1S/C16H24N2O2S/c1-16(2,3)21(19,20)11-10-18-9-8-13-6-5-7-14(12-17-4)15(13)18/h5-9,17H,10-12H2,1-4H3. The largest absolute Gasteiger partial charge is 0.346 e. The van der Waals surface area contributed by atoms with Gasteiger partial charge in [-0.25, -0.2) is 8.42 Å². The fraction of sp³-hybridized carbons (Fsp3) is 0.500. The number of nitrogens with one attached hydrogen (secondary N) is 1. The first-order valence-electron chi connectivity index (χ1n) is 7.20. The normalized spacial score (nSPS) is 13.0. The minimum Gasteiger partial charge on any atom is -0.346 e. The molecule has 0 unspecified atom stereocenters. The molecule has 0 atom stereocenters. The summed E-state index contributed by atoms with van der Waals surface area (Å²) < 4.78 is 25.9. The molecule has 21 heavy (non-hydrogen) atoms. The zero-order chi connectivity index (χ0) is 15.7. The summed E-state index contributed by atoms with van der Waals surface area (Å²) in [6.45, 7) is 6.52. The fourth-order valence-corrected chi connectivity index (χ4v) is 3.43. The van der Waals surface area contributed by atoms with Gasteiger partial charge in [0.1, 0.15) is 0 Å². The molecule has 1 heterocycles.